The summed E-state index contributed by atoms with van der Waals surface area (Å²) in [6.07, 6.45) is 9.44. The van der Waals surface area contributed by atoms with Gasteiger partial charge >= 0.3 is 0 Å². The van der Waals surface area contributed by atoms with Crippen LogP contribution in [0.2, 0.25) is 0 Å². The van der Waals surface area contributed by atoms with Gasteiger partial charge in [-0.1, -0.05) is 12.2 Å². The van der Waals surface area contributed by atoms with E-state index in [-0.39, 0.29) is 0 Å². The third kappa shape index (κ3) is 2.35. The SMILES string of the molecule is S=C1C=CC(CCc2c[nH]cn2)=NC1. The number of aromatic nitrogens is 2. The molecular formula is C10H11N3S. The predicted molar refractivity (Wildman–Crippen MR) is 60.9 cm³/mol. The van der Waals surface area contributed by atoms with Crippen LogP contribution in [0, 0.1) is 0 Å². The molecule has 0 saturated carbocycles. The van der Waals surface area contributed by atoms with Crippen molar-refractivity contribution in [2.75, 3.05) is 6.54 Å². The third-order valence-corrected chi connectivity index (χ3v) is 2.36. The summed E-state index contributed by atoms with van der Waals surface area (Å²) < 4.78 is 0. The number of H-pyrrole nitrogens is 1. The van der Waals surface area contributed by atoms with Crippen LogP contribution in [0.15, 0.2) is 29.7 Å². The molecule has 0 saturated heterocycles. The number of nitrogens with one attached hydrogen (secondary N) is 1. The van der Waals surface area contributed by atoms with E-state index < -0.39 is 0 Å². The third-order valence-electron chi connectivity index (χ3n) is 2.09. The van der Waals surface area contributed by atoms with E-state index in [0.29, 0.717) is 6.54 Å². The predicted octanol–water partition coefficient (Wildman–Crippen LogP) is 1.72. The number of aromatic amines is 1. The quantitative estimate of drug-likeness (QED) is 0.763. The molecule has 0 unspecified atom stereocenters. The van der Waals surface area contributed by atoms with E-state index in [1.165, 1.54) is 0 Å². The summed E-state index contributed by atoms with van der Waals surface area (Å²) in [4.78, 5) is 12.4. The average Bonchev–Trinajstić information content (AvgIpc) is 2.70. The first-order chi connectivity index (χ1) is 6.84. The Bertz CT molecular complexity index is 376. The summed E-state index contributed by atoms with van der Waals surface area (Å²) in [5.41, 5.74) is 2.19. The number of aryl methyl sites for hydroxylation is 1. The van der Waals surface area contributed by atoms with E-state index in [1.807, 2.05) is 18.3 Å². The normalized spacial score (nSPS) is 15.7. The summed E-state index contributed by atoms with van der Waals surface area (Å²) in [5, 5.41) is 0. The average molecular weight is 205 g/mol. The standard InChI is InChI=1S/C10H11N3S/c14-10-4-3-8(12-6-10)1-2-9-5-11-7-13-9/h3-5,7H,1-2,6H2,(H,11,13). The number of dihydropyridines is 1. The number of nitrogens with zero attached hydrogens (tertiary/aromatic N) is 2. The Morgan fingerprint density at radius 1 is 1.36 bits per heavy atom. The Hall–Kier alpha value is -1.29. The topological polar surface area (TPSA) is 41.0 Å². The second-order valence-corrected chi connectivity index (χ2v) is 3.69. The molecule has 0 aromatic carbocycles. The summed E-state index contributed by atoms with van der Waals surface area (Å²) >= 11 is 5.01. The molecule has 0 aliphatic carbocycles. The zero-order valence-corrected chi connectivity index (χ0v) is 8.55. The van der Waals surface area contributed by atoms with Gasteiger partial charge in [-0.2, -0.15) is 0 Å². The van der Waals surface area contributed by atoms with Crippen LogP contribution in [-0.4, -0.2) is 27.1 Å². The molecule has 2 heterocycles. The van der Waals surface area contributed by atoms with Gasteiger partial charge in [0.15, 0.2) is 0 Å². The van der Waals surface area contributed by atoms with Crippen LogP contribution >= 0.6 is 12.2 Å². The Kier molecular flexibility index (Phi) is 2.84. The van der Waals surface area contributed by atoms with Crippen LogP contribution < -0.4 is 0 Å². The van der Waals surface area contributed by atoms with Crippen LogP contribution in [-0.2, 0) is 6.42 Å². The Balaban J connectivity index is 1.88. The highest BCUT2D eigenvalue weighted by molar-refractivity contribution is 7.80. The van der Waals surface area contributed by atoms with Crippen molar-refractivity contribution in [2.45, 2.75) is 12.8 Å². The largest absolute Gasteiger partial charge is 0.351 e. The van der Waals surface area contributed by atoms with Crippen LogP contribution in [0.5, 0.6) is 0 Å². The Morgan fingerprint density at radius 3 is 2.93 bits per heavy atom. The number of hydrogen-bond donors (Lipinski definition) is 1. The number of allylic oxidation sites excluding steroid dienone is 1. The van der Waals surface area contributed by atoms with Crippen LogP contribution in [0.1, 0.15) is 12.1 Å². The molecule has 1 N–H and O–H groups in total. The van der Waals surface area contributed by atoms with Gasteiger partial charge < -0.3 is 4.98 Å². The van der Waals surface area contributed by atoms with E-state index in [9.17, 15) is 0 Å². The zero-order chi connectivity index (χ0) is 9.80. The smallest absolute Gasteiger partial charge is 0.0923 e. The monoisotopic (exact) mass is 205 g/mol. The molecule has 0 atom stereocenters. The number of hydrogen-bond acceptors (Lipinski definition) is 3. The van der Waals surface area contributed by atoms with Gasteiger partial charge in [-0.3, -0.25) is 4.99 Å². The van der Waals surface area contributed by atoms with E-state index in [4.69, 9.17) is 12.2 Å². The number of thiocarbonyl (C=S) groups is 1. The highest BCUT2D eigenvalue weighted by Crippen LogP contribution is 2.03. The van der Waals surface area contributed by atoms with E-state index in [1.54, 1.807) is 6.33 Å². The summed E-state index contributed by atoms with van der Waals surface area (Å²) in [6.45, 7) is 0.668. The van der Waals surface area contributed by atoms with Crippen LogP contribution in [0.25, 0.3) is 0 Å². The summed E-state index contributed by atoms with van der Waals surface area (Å²) in [7, 11) is 0. The van der Waals surface area contributed by atoms with E-state index >= 15 is 0 Å². The molecule has 0 fully saturated rings. The molecular weight excluding hydrogens is 194 g/mol. The van der Waals surface area contributed by atoms with Crippen LogP contribution in [0.3, 0.4) is 0 Å². The fourth-order valence-corrected chi connectivity index (χ4v) is 1.45. The number of rotatable bonds is 3. The number of imidazole rings is 1. The van der Waals surface area contributed by atoms with Gasteiger partial charge in [0.25, 0.3) is 0 Å². The number of aliphatic imine (C=N–C) groups is 1. The van der Waals surface area contributed by atoms with Crippen molar-refractivity contribution in [3.05, 3.63) is 30.4 Å². The summed E-state index contributed by atoms with van der Waals surface area (Å²) in [5.74, 6) is 0. The highest BCUT2D eigenvalue weighted by Gasteiger charge is 2.03. The van der Waals surface area contributed by atoms with Gasteiger partial charge in [0, 0.05) is 16.8 Å². The van der Waals surface area contributed by atoms with Crippen LogP contribution in [0.4, 0.5) is 0 Å². The second kappa shape index (κ2) is 4.28. The molecule has 0 amide bonds. The molecule has 0 radical (unpaired) electrons. The second-order valence-electron chi connectivity index (χ2n) is 3.17. The van der Waals surface area contributed by atoms with Gasteiger partial charge in [-0.15, -0.1) is 0 Å². The maximum absolute atomic E-state index is 5.01. The van der Waals surface area contributed by atoms with Crippen molar-refractivity contribution >= 4 is 22.8 Å². The molecule has 72 valence electrons. The van der Waals surface area contributed by atoms with E-state index in [2.05, 4.69) is 15.0 Å². The Labute approximate surface area is 88.0 Å². The van der Waals surface area contributed by atoms with Crippen molar-refractivity contribution in [3.63, 3.8) is 0 Å². The van der Waals surface area contributed by atoms with Gasteiger partial charge in [0.2, 0.25) is 0 Å². The molecule has 2 rings (SSSR count). The van der Waals surface area contributed by atoms with Crippen molar-refractivity contribution in [2.24, 2.45) is 4.99 Å². The molecule has 14 heavy (non-hydrogen) atoms. The minimum atomic E-state index is 0.668. The molecule has 0 spiro atoms. The first kappa shape index (κ1) is 9.27. The van der Waals surface area contributed by atoms with Crippen molar-refractivity contribution in [1.82, 2.24) is 9.97 Å². The zero-order valence-electron chi connectivity index (χ0n) is 7.73. The highest BCUT2D eigenvalue weighted by atomic mass is 32.1. The van der Waals surface area contributed by atoms with E-state index in [0.717, 1.165) is 29.1 Å². The van der Waals surface area contributed by atoms with Gasteiger partial charge in [-0.05, 0) is 25.0 Å². The lowest BCUT2D eigenvalue weighted by molar-refractivity contribution is 0.984. The maximum atomic E-state index is 5.01. The Morgan fingerprint density at radius 2 is 2.29 bits per heavy atom. The minimum Gasteiger partial charge on any atom is -0.351 e. The minimum absolute atomic E-state index is 0.668. The lowest BCUT2D eigenvalue weighted by atomic mass is 10.1. The first-order valence-corrected chi connectivity index (χ1v) is 4.97. The van der Waals surface area contributed by atoms with Gasteiger partial charge in [0.1, 0.15) is 0 Å². The fraction of sp³-hybridized carbons (Fsp3) is 0.300. The molecule has 1 aromatic rings. The molecule has 1 aliphatic rings. The molecule has 3 nitrogen and oxygen atoms in total. The lowest BCUT2D eigenvalue weighted by Crippen LogP contribution is -2.08. The molecule has 4 heteroatoms. The summed E-state index contributed by atoms with van der Waals surface area (Å²) in [6, 6.07) is 0. The first-order valence-electron chi connectivity index (χ1n) is 4.56. The maximum Gasteiger partial charge on any atom is 0.0923 e. The van der Waals surface area contributed by atoms with Crippen molar-refractivity contribution in [1.29, 1.82) is 0 Å². The lowest BCUT2D eigenvalue weighted by Gasteiger charge is -2.05. The molecule has 0 bridgehead atoms. The molecule has 1 aromatic heterocycles. The van der Waals surface area contributed by atoms with Crippen molar-refractivity contribution in [3.8, 4) is 0 Å². The van der Waals surface area contributed by atoms with Gasteiger partial charge in [0.05, 0.1) is 18.6 Å². The van der Waals surface area contributed by atoms with Crippen molar-refractivity contribution < 1.29 is 0 Å². The van der Waals surface area contributed by atoms with Gasteiger partial charge in [-0.25, -0.2) is 4.98 Å². The molecule has 1 aliphatic heterocycles. The fourth-order valence-electron chi connectivity index (χ4n) is 1.32.